The van der Waals surface area contributed by atoms with E-state index in [1.54, 1.807) is 0 Å². The Morgan fingerprint density at radius 2 is 0.847 bits per heavy atom. The van der Waals surface area contributed by atoms with Gasteiger partial charge in [-0.3, -0.25) is 38.4 Å². The lowest BCUT2D eigenvalue weighted by Gasteiger charge is -2.50. The van der Waals surface area contributed by atoms with Crippen LogP contribution in [0.5, 0.6) is 0 Å². The summed E-state index contributed by atoms with van der Waals surface area (Å²) in [4.78, 5) is 112. The Morgan fingerprint density at radius 3 is 1.32 bits per heavy atom. The third kappa shape index (κ3) is 13.2. The molecule has 3 fully saturated rings. The van der Waals surface area contributed by atoms with E-state index < -0.39 is 152 Å². The summed E-state index contributed by atoms with van der Waals surface area (Å²) in [6.07, 6.45) is -27.0. The van der Waals surface area contributed by atoms with Gasteiger partial charge in [0.05, 0.1) is 13.2 Å². The van der Waals surface area contributed by atoms with E-state index in [4.69, 9.17) is 66.3 Å². The maximum absolute atomic E-state index is 12.7. The largest absolute Gasteiger partial charge is 0.467 e. The molecule has 0 aromatic rings. The number of hydrogen-bond donors (Lipinski definition) is 1. The Balaban J connectivity index is 2.28. The molecular formula is C35H48O24. The van der Waals surface area contributed by atoms with E-state index in [0.717, 1.165) is 62.5 Å². The predicted octanol–water partition coefficient (Wildman–Crippen LogP) is -1.80. The topological polar surface area (TPSA) is 303 Å². The Kier molecular flexibility index (Phi) is 17.5. The lowest BCUT2D eigenvalue weighted by atomic mass is 9.95. The molecule has 0 spiro atoms. The average Bonchev–Trinajstić information content (AvgIpc) is 3.10. The van der Waals surface area contributed by atoms with Gasteiger partial charge in [-0.05, 0) is 6.92 Å². The zero-order valence-electron chi connectivity index (χ0n) is 33.7. The summed E-state index contributed by atoms with van der Waals surface area (Å²) in [5.41, 5.74) is 0. The summed E-state index contributed by atoms with van der Waals surface area (Å²) in [7, 11) is 0.958. The molecule has 0 saturated carbocycles. The highest BCUT2D eigenvalue weighted by Gasteiger charge is 2.60. The number of rotatable bonds is 14. The highest BCUT2D eigenvalue weighted by Crippen LogP contribution is 2.38. The maximum Gasteiger partial charge on any atom is 0.339 e. The Hall–Kier alpha value is -5.01. The van der Waals surface area contributed by atoms with Crippen LogP contribution in [0.25, 0.3) is 0 Å². The van der Waals surface area contributed by atoms with E-state index in [2.05, 4.69) is 0 Å². The van der Waals surface area contributed by atoms with Crippen molar-refractivity contribution >= 4 is 53.7 Å². The zero-order valence-corrected chi connectivity index (χ0v) is 33.7. The minimum absolute atomic E-state index is 0.708. The SMILES string of the molecule is COC(=O)[C@H]1OC(O)[C@H](O[C@@H]2O[C@H](COC(C)=O)[C@H](OC(C)=O)[C@H](OC(C)=O)[C@H]2O[C@@H]2O[C@@H](C)[C@H](OC(C)=O)[C@@H](OC(C)=O)[C@H]2OC(C)=O)[C@@H](OC(C)=O)[C@@H]1OC(C)=O. The second-order valence-corrected chi connectivity index (χ2v) is 13.2. The van der Waals surface area contributed by atoms with E-state index in [9.17, 15) is 48.3 Å². The van der Waals surface area contributed by atoms with E-state index >= 15 is 0 Å². The molecule has 24 heteroatoms. The fraction of sp³-hybridized carbons (Fsp3) is 0.743. The van der Waals surface area contributed by atoms with Gasteiger partial charge in [0.1, 0.15) is 12.7 Å². The summed E-state index contributed by atoms with van der Waals surface area (Å²) in [5, 5.41) is 11.3. The number of aliphatic hydroxyl groups is 1. The molecule has 332 valence electrons. The van der Waals surface area contributed by atoms with Crippen molar-refractivity contribution in [2.75, 3.05) is 13.7 Å². The Morgan fingerprint density at radius 1 is 0.458 bits per heavy atom. The minimum atomic E-state index is -2.25. The van der Waals surface area contributed by atoms with E-state index in [0.29, 0.717) is 0 Å². The normalized spacial score (nSPS) is 34.1. The lowest BCUT2D eigenvalue weighted by Crippen LogP contribution is -2.68. The molecule has 0 radical (unpaired) electrons. The van der Waals surface area contributed by atoms with Gasteiger partial charge in [-0.2, -0.15) is 0 Å². The smallest absolute Gasteiger partial charge is 0.339 e. The monoisotopic (exact) mass is 852 g/mol. The van der Waals surface area contributed by atoms with Gasteiger partial charge in [-0.15, -0.1) is 0 Å². The molecule has 59 heavy (non-hydrogen) atoms. The molecule has 3 rings (SSSR count). The van der Waals surface area contributed by atoms with Gasteiger partial charge < -0.3 is 71.4 Å². The van der Waals surface area contributed by atoms with Gasteiger partial charge in [-0.25, -0.2) is 4.79 Å². The molecular weight excluding hydrogens is 804 g/mol. The minimum Gasteiger partial charge on any atom is -0.467 e. The number of hydrogen-bond acceptors (Lipinski definition) is 24. The first-order valence-electron chi connectivity index (χ1n) is 17.9. The van der Waals surface area contributed by atoms with E-state index in [-0.39, 0.29) is 0 Å². The highest BCUT2D eigenvalue weighted by molar-refractivity contribution is 5.77. The Labute approximate surface area is 336 Å². The number of ether oxygens (including phenoxy) is 14. The van der Waals surface area contributed by atoms with Gasteiger partial charge in [-0.1, -0.05) is 0 Å². The third-order valence-corrected chi connectivity index (χ3v) is 8.41. The fourth-order valence-electron chi connectivity index (χ4n) is 6.44. The molecule has 0 aliphatic carbocycles. The molecule has 0 aromatic carbocycles. The highest BCUT2D eigenvalue weighted by atomic mass is 16.8. The lowest BCUT2D eigenvalue weighted by molar-refractivity contribution is -0.388. The van der Waals surface area contributed by atoms with Crippen molar-refractivity contribution in [2.24, 2.45) is 0 Å². The van der Waals surface area contributed by atoms with Crippen molar-refractivity contribution in [1.29, 1.82) is 0 Å². The quantitative estimate of drug-likeness (QED) is 0.149. The number of aliphatic hydroxyl groups excluding tert-OH is 1. The van der Waals surface area contributed by atoms with Crippen LogP contribution < -0.4 is 0 Å². The van der Waals surface area contributed by atoms with Crippen molar-refractivity contribution < 1.29 is 115 Å². The molecule has 3 aliphatic rings. The van der Waals surface area contributed by atoms with Crippen LogP contribution in [-0.2, 0) is 109 Å². The molecule has 0 amide bonds. The first-order valence-corrected chi connectivity index (χ1v) is 17.9. The molecule has 0 bridgehead atoms. The molecule has 15 atom stereocenters. The molecule has 3 aliphatic heterocycles. The summed E-state index contributed by atoms with van der Waals surface area (Å²) in [6.45, 7) is 8.60. The van der Waals surface area contributed by atoms with Crippen LogP contribution in [-0.4, -0.2) is 165 Å². The molecule has 1 N–H and O–H groups in total. The number of methoxy groups -OCH3 is 1. The van der Waals surface area contributed by atoms with Gasteiger partial charge in [0.15, 0.2) is 79.9 Å². The van der Waals surface area contributed by atoms with Crippen LogP contribution in [0.2, 0.25) is 0 Å². The Bertz CT molecular complexity index is 1580. The van der Waals surface area contributed by atoms with Crippen LogP contribution in [0.3, 0.4) is 0 Å². The molecule has 24 nitrogen and oxygen atoms in total. The number of carbonyl (C=O) groups excluding carboxylic acids is 9. The van der Waals surface area contributed by atoms with Crippen LogP contribution >= 0.6 is 0 Å². The molecule has 3 saturated heterocycles. The van der Waals surface area contributed by atoms with E-state index in [1.807, 2.05) is 0 Å². The van der Waals surface area contributed by atoms with Gasteiger partial charge in [0, 0.05) is 55.4 Å². The molecule has 3 heterocycles. The van der Waals surface area contributed by atoms with E-state index in [1.165, 1.54) is 6.92 Å². The number of esters is 9. The van der Waals surface area contributed by atoms with Crippen LogP contribution in [0.15, 0.2) is 0 Å². The summed E-state index contributed by atoms with van der Waals surface area (Å²) >= 11 is 0. The predicted molar refractivity (Wildman–Crippen MR) is 181 cm³/mol. The fourth-order valence-corrected chi connectivity index (χ4v) is 6.44. The molecule has 1 unspecified atom stereocenters. The van der Waals surface area contributed by atoms with Gasteiger partial charge in [0.25, 0.3) is 0 Å². The second-order valence-electron chi connectivity index (χ2n) is 13.2. The van der Waals surface area contributed by atoms with Crippen LogP contribution in [0.1, 0.15) is 62.3 Å². The van der Waals surface area contributed by atoms with Gasteiger partial charge >= 0.3 is 53.7 Å². The van der Waals surface area contributed by atoms with Crippen molar-refractivity contribution in [2.45, 2.75) is 154 Å². The third-order valence-electron chi connectivity index (χ3n) is 8.41. The molecule has 0 aromatic heterocycles. The summed E-state index contributed by atoms with van der Waals surface area (Å²) in [5.74, 6) is -8.79. The van der Waals surface area contributed by atoms with Crippen molar-refractivity contribution in [3.05, 3.63) is 0 Å². The zero-order chi connectivity index (χ0) is 44.5. The standard InChI is InChI=1S/C35H48O24/c1-12-22(49-14(3)37)24(51-16(5)39)30(55-20(9)43)34(48-12)59-31-25(52-17(6)40)23(50-15(4)38)21(11-47-13(2)36)56-35(31)58-29-27(54-19(8)42)26(53-18(7)41)28(32(44)46-10)57-33(29)45/h12,21-31,33-35,45H,11H2,1-10H3/t12-,21+,22-,23-,24+,25-,26-,27-,28-,29+,30+,31+,33?,34-,35-/m0/s1. The summed E-state index contributed by atoms with van der Waals surface area (Å²) in [6, 6.07) is 0. The average molecular weight is 853 g/mol. The van der Waals surface area contributed by atoms with Gasteiger partial charge in [0.2, 0.25) is 0 Å². The summed E-state index contributed by atoms with van der Waals surface area (Å²) < 4.78 is 77.9. The first-order chi connectivity index (χ1) is 27.5. The van der Waals surface area contributed by atoms with Crippen molar-refractivity contribution in [3.8, 4) is 0 Å². The second kappa shape index (κ2) is 21.3. The van der Waals surface area contributed by atoms with Crippen molar-refractivity contribution in [3.63, 3.8) is 0 Å². The first kappa shape index (κ1) is 48.4. The van der Waals surface area contributed by atoms with Crippen LogP contribution in [0, 0.1) is 0 Å². The maximum atomic E-state index is 12.7. The number of carbonyl (C=O) groups is 9. The van der Waals surface area contributed by atoms with Crippen LogP contribution in [0.4, 0.5) is 0 Å². The van der Waals surface area contributed by atoms with Crippen molar-refractivity contribution in [1.82, 2.24) is 0 Å².